The summed E-state index contributed by atoms with van der Waals surface area (Å²) < 4.78 is 10.8. The summed E-state index contributed by atoms with van der Waals surface area (Å²) in [5.74, 6) is 2.40. The first-order valence-corrected chi connectivity index (χ1v) is 6.31. The van der Waals surface area contributed by atoms with Gasteiger partial charge in [-0.2, -0.15) is 0 Å². The molecular formula is C14H22ClNO2. The Kier molecular flexibility index (Phi) is 5.76. The lowest BCUT2D eigenvalue weighted by molar-refractivity contribution is 0.310. The molecule has 0 spiro atoms. The van der Waals surface area contributed by atoms with Crippen molar-refractivity contribution in [3.63, 3.8) is 0 Å². The molecule has 0 bridgehead atoms. The summed E-state index contributed by atoms with van der Waals surface area (Å²) in [5.41, 5.74) is 7.34. The van der Waals surface area contributed by atoms with E-state index in [9.17, 15) is 0 Å². The zero-order chi connectivity index (χ0) is 12.3. The van der Waals surface area contributed by atoms with E-state index >= 15 is 0 Å². The smallest absolute Gasteiger partial charge is 0.161 e. The van der Waals surface area contributed by atoms with Crippen molar-refractivity contribution in [2.45, 2.75) is 32.2 Å². The minimum absolute atomic E-state index is 0. The Balaban J connectivity index is 0.00000162. The summed E-state index contributed by atoms with van der Waals surface area (Å²) in [5, 5.41) is 0. The molecule has 1 aliphatic rings. The molecule has 0 amide bonds. The van der Waals surface area contributed by atoms with E-state index in [0.717, 1.165) is 29.4 Å². The first-order chi connectivity index (χ1) is 8.24. The van der Waals surface area contributed by atoms with Crippen LogP contribution in [0.25, 0.3) is 0 Å². The van der Waals surface area contributed by atoms with Crippen molar-refractivity contribution < 1.29 is 9.47 Å². The molecule has 0 radical (unpaired) electrons. The minimum Gasteiger partial charge on any atom is -0.493 e. The molecule has 1 aromatic rings. The monoisotopic (exact) mass is 271 g/mol. The second kappa shape index (κ2) is 6.86. The third-order valence-corrected chi connectivity index (χ3v) is 3.20. The molecule has 1 atom stereocenters. The Bertz CT molecular complexity index is 380. The maximum Gasteiger partial charge on any atom is 0.161 e. The Morgan fingerprint density at radius 1 is 1.33 bits per heavy atom. The third kappa shape index (κ3) is 3.79. The number of nitrogens with two attached hydrogens (primary N) is 1. The van der Waals surface area contributed by atoms with E-state index in [0.29, 0.717) is 6.61 Å². The van der Waals surface area contributed by atoms with Crippen molar-refractivity contribution in [1.82, 2.24) is 0 Å². The first-order valence-electron chi connectivity index (χ1n) is 6.31. The Labute approximate surface area is 115 Å². The number of benzene rings is 1. The first kappa shape index (κ1) is 15.1. The molecule has 18 heavy (non-hydrogen) atoms. The highest BCUT2D eigenvalue weighted by molar-refractivity contribution is 5.85. The van der Waals surface area contributed by atoms with Gasteiger partial charge in [0, 0.05) is 6.04 Å². The zero-order valence-corrected chi connectivity index (χ0v) is 11.8. The molecule has 1 saturated carbocycles. The quantitative estimate of drug-likeness (QED) is 0.863. The van der Waals surface area contributed by atoms with Gasteiger partial charge in [0.15, 0.2) is 11.5 Å². The van der Waals surface area contributed by atoms with Gasteiger partial charge in [-0.3, -0.25) is 0 Å². The van der Waals surface area contributed by atoms with E-state index in [1.807, 2.05) is 25.1 Å². The summed E-state index contributed by atoms with van der Waals surface area (Å²) >= 11 is 0. The maximum atomic E-state index is 6.20. The lowest BCUT2D eigenvalue weighted by atomic mass is 10.0. The number of ether oxygens (including phenoxy) is 2. The lowest BCUT2D eigenvalue weighted by Crippen LogP contribution is -2.11. The van der Waals surface area contributed by atoms with Crippen LogP contribution in [-0.2, 0) is 0 Å². The van der Waals surface area contributed by atoms with E-state index < -0.39 is 0 Å². The average Bonchev–Trinajstić information content (AvgIpc) is 3.13. The van der Waals surface area contributed by atoms with Gasteiger partial charge in [-0.15, -0.1) is 12.4 Å². The second-order valence-corrected chi connectivity index (χ2v) is 4.63. The molecule has 1 fully saturated rings. The highest BCUT2D eigenvalue weighted by Crippen LogP contribution is 2.38. The van der Waals surface area contributed by atoms with Crippen molar-refractivity contribution in [1.29, 1.82) is 0 Å². The number of halogens is 1. The van der Waals surface area contributed by atoms with Crippen LogP contribution in [0.1, 0.15) is 37.8 Å². The molecule has 102 valence electrons. The van der Waals surface area contributed by atoms with Crippen LogP contribution in [0.15, 0.2) is 18.2 Å². The molecule has 3 nitrogen and oxygen atoms in total. The van der Waals surface area contributed by atoms with Crippen LogP contribution >= 0.6 is 12.4 Å². The topological polar surface area (TPSA) is 44.5 Å². The van der Waals surface area contributed by atoms with Gasteiger partial charge >= 0.3 is 0 Å². The molecule has 2 rings (SSSR count). The molecule has 0 aromatic heterocycles. The Hall–Kier alpha value is -0.930. The van der Waals surface area contributed by atoms with E-state index in [4.69, 9.17) is 15.2 Å². The maximum absolute atomic E-state index is 6.20. The van der Waals surface area contributed by atoms with Crippen LogP contribution in [0.3, 0.4) is 0 Å². The van der Waals surface area contributed by atoms with Gasteiger partial charge in [0.1, 0.15) is 0 Å². The van der Waals surface area contributed by atoms with Gasteiger partial charge in [0.25, 0.3) is 0 Å². The standard InChI is InChI=1S/C14H21NO2.ClH/c1-3-17-14-9-11(6-7-13(14)16-2)12(15)8-10-4-5-10;/h6-7,9-10,12H,3-5,8,15H2,1-2H3;1H/t12-;/m1./s1. The van der Waals surface area contributed by atoms with Crippen molar-refractivity contribution in [3.8, 4) is 11.5 Å². The molecule has 0 heterocycles. The van der Waals surface area contributed by atoms with Gasteiger partial charge < -0.3 is 15.2 Å². The summed E-state index contributed by atoms with van der Waals surface area (Å²) in [4.78, 5) is 0. The van der Waals surface area contributed by atoms with E-state index in [1.165, 1.54) is 12.8 Å². The van der Waals surface area contributed by atoms with Crippen LogP contribution < -0.4 is 15.2 Å². The fraction of sp³-hybridized carbons (Fsp3) is 0.571. The SMILES string of the molecule is CCOc1cc([C@H](N)CC2CC2)ccc1OC.Cl. The summed E-state index contributed by atoms with van der Waals surface area (Å²) in [6.45, 7) is 2.61. The molecule has 0 aliphatic heterocycles. The Morgan fingerprint density at radius 3 is 2.61 bits per heavy atom. The molecule has 0 saturated heterocycles. The van der Waals surface area contributed by atoms with Gasteiger partial charge in [-0.05, 0) is 37.0 Å². The highest BCUT2D eigenvalue weighted by Gasteiger charge is 2.24. The molecule has 1 aromatic carbocycles. The average molecular weight is 272 g/mol. The van der Waals surface area contributed by atoms with Crippen molar-refractivity contribution in [2.75, 3.05) is 13.7 Å². The fourth-order valence-electron chi connectivity index (χ4n) is 2.04. The van der Waals surface area contributed by atoms with Crippen LogP contribution in [0.4, 0.5) is 0 Å². The summed E-state index contributed by atoms with van der Waals surface area (Å²) in [6, 6.07) is 6.10. The highest BCUT2D eigenvalue weighted by atomic mass is 35.5. The molecule has 4 heteroatoms. The van der Waals surface area contributed by atoms with Gasteiger partial charge in [-0.25, -0.2) is 0 Å². The van der Waals surface area contributed by atoms with E-state index in [1.54, 1.807) is 7.11 Å². The largest absolute Gasteiger partial charge is 0.493 e. The minimum atomic E-state index is 0. The van der Waals surface area contributed by atoms with Gasteiger partial charge in [0.05, 0.1) is 13.7 Å². The van der Waals surface area contributed by atoms with Crippen LogP contribution in [0.2, 0.25) is 0 Å². The summed E-state index contributed by atoms with van der Waals surface area (Å²) in [7, 11) is 1.65. The van der Waals surface area contributed by atoms with Crippen molar-refractivity contribution in [2.24, 2.45) is 11.7 Å². The van der Waals surface area contributed by atoms with E-state index in [-0.39, 0.29) is 18.4 Å². The lowest BCUT2D eigenvalue weighted by Gasteiger charge is -2.15. The van der Waals surface area contributed by atoms with Crippen molar-refractivity contribution in [3.05, 3.63) is 23.8 Å². The van der Waals surface area contributed by atoms with Crippen LogP contribution in [-0.4, -0.2) is 13.7 Å². The third-order valence-electron chi connectivity index (χ3n) is 3.20. The van der Waals surface area contributed by atoms with Gasteiger partial charge in [0.2, 0.25) is 0 Å². The van der Waals surface area contributed by atoms with E-state index in [2.05, 4.69) is 0 Å². The van der Waals surface area contributed by atoms with Gasteiger partial charge in [-0.1, -0.05) is 18.9 Å². The fourth-order valence-corrected chi connectivity index (χ4v) is 2.04. The molecule has 0 unspecified atom stereocenters. The number of hydrogen-bond donors (Lipinski definition) is 1. The zero-order valence-electron chi connectivity index (χ0n) is 11.0. The molecular weight excluding hydrogens is 250 g/mol. The van der Waals surface area contributed by atoms with Crippen LogP contribution in [0, 0.1) is 5.92 Å². The molecule has 2 N–H and O–H groups in total. The van der Waals surface area contributed by atoms with Crippen molar-refractivity contribution >= 4 is 12.4 Å². The number of methoxy groups -OCH3 is 1. The van der Waals surface area contributed by atoms with Crippen LogP contribution in [0.5, 0.6) is 11.5 Å². The molecule has 1 aliphatic carbocycles. The number of rotatable bonds is 6. The normalized spacial score (nSPS) is 15.7. The predicted molar refractivity (Wildman–Crippen MR) is 75.7 cm³/mol. The summed E-state index contributed by atoms with van der Waals surface area (Å²) in [6.07, 6.45) is 3.75. The Morgan fingerprint density at radius 2 is 2.06 bits per heavy atom. The predicted octanol–water partition coefficient (Wildman–Crippen LogP) is 3.32. The second-order valence-electron chi connectivity index (χ2n) is 4.63. The number of hydrogen-bond acceptors (Lipinski definition) is 3.